The summed E-state index contributed by atoms with van der Waals surface area (Å²) in [6.45, 7) is 6.06. The minimum atomic E-state index is -0.191. The van der Waals surface area contributed by atoms with Crippen LogP contribution in [0.2, 0.25) is 10.3 Å². The van der Waals surface area contributed by atoms with E-state index in [-0.39, 0.29) is 5.41 Å². The first-order valence-corrected chi connectivity index (χ1v) is 7.33. The lowest BCUT2D eigenvalue weighted by atomic mass is 9.95. The van der Waals surface area contributed by atoms with E-state index in [1.807, 2.05) is 45.0 Å². The summed E-state index contributed by atoms with van der Waals surface area (Å²) >= 11 is 16.0. The molecule has 0 N–H and O–H groups in total. The van der Waals surface area contributed by atoms with E-state index in [0.717, 1.165) is 10.0 Å². The quantitative estimate of drug-likeness (QED) is 0.627. The topological polar surface area (TPSA) is 25.8 Å². The van der Waals surface area contributed by atoms with Crippen molar-refractivity contribution in [2.24, 2.45) is 0 Å². The fraction of sp³-hybridized carbons (Fsp3) is 0.286. The molecule has 0 atom stereocenters. The third kappa shape index (κ3) is 3.28. The highest BCUT2D eigenvalue weighted by molar-refractivity contribution is 9.10. The molecule has 19 heavy (non-hydrogen) atoms. The lowest BCUT2D eigenvalue weighted by molar-refractivity contribution is 0.545. The molecule has 0 radical (unpaired) electrons. The standard InChI is InChI=1S/C14H13BrCl2N2/c1-14(2,3)13-18-11(16)10(12(17)19-13)8-5-4-6-9(15)7-8/h4-7H,1-3H3. The van der Waals surface area contributed by atoms with Gasteiger partial charge in [0.1, 0.15) is 16.1 Å². The zero-order valence-electron chi connectivity index (χ0n) is 10.8. The van der Waals surface area contributed by atoms with Crippen molar-refractivity contribution in [1.82, 2.24) is 9.97 Å². The smallest absolute Gasteiger partial charge is 0.142 e. The Morgan fingerprint density at radius 3 is 2.11 bits per heavy atom. The highest BCUT2D eigenvalue weighted by Crippen LogP contribution is 2.35. The highest BCUT2D eigenvalue weighted by Gasteiger charge is 2.21. The zero-order valence-corrected chi connectivity index (χ0v) is 13.9. The minimum absolute atomic E-state index is 0.191. The van der Waals surface area contributed by atoms with E-state index in [1.54, 1.807) is 0 Å². The third-order valence-electron chi connectivity index (χ3n) is 2.60. The van der Waals surface area contributed by atoms with Gasteiger partial charge in [0, 0.05) is 9.89 Å². The summed E-state index contributed by atoms with van der Waals surface area (Å²) in [5, 5.41) is 0.756. The Morgan fingerprint density at radius 2 is 1.63 bits per heavy atom. The van der Waals surface area contributed by atoms with Crippen molar-refractivity contribution >= 4 is 39.1 Å². The van der Waals surface area contributed by atoms with Crippen LogP contribution >= 0.6 is 39.1 Å². The van der Waals surface area contributed by atoms with E-state index < -0.39 is 0 Å². The molecule has 0 aliphatic carbocycles. The molecule has 0 saturated carbocycles. The summed E-state index contributed by atoms with van der Waals surface area (Å²) in [5.41, 5.74) is 1.37. The Kier molecular flexibility index (Phi) is 4.19. The van der Waals surface area contributed by atoms with Crippen molar-refractivity contribution in [3.8, 4) is 11.1 Å². The first-order chi connectivity index (χ1) is 8.79. The maximum absolute atomic E-state index is 6.28. The molecule has 2 aromatic rings. The maximum Gasteiger partial charge on any atom is 0.142 e. The molecule has 5 heteroatoms. The van der Waals surface area contributed by atoms with Gasteiger partial charge in [-0.05, 0) is 17.7 Å². The molecule has 0 amide bonds. The van der Waals surface area contributed by atoms with Gasteiger partial charge in [-0.15, -0.1) is 0 Å². The zero-order chi connectivity index (χ0) is 14.2. The van der Waals surface area contributed by atoms with Crippen LogP contribution in [0.3, 0.4) is 0 Å². The van der Waals surface area contributed by atoms with Crippen molar-refractivity contribution in [1.29, 1.82) is 0 Å². The van der Waals surface area contributed by atoms with Gasteiger partial charge in [0.25, 0.3) is 0 Å². The van der Waals surface area contributed by atoms with E-state index in [4.69, 9.17) is 23.2 Å². The molecule has 1 heterocycles. The Morgan fingerprint density at radius 1 is 1.05 bits per heavy atom. The predicted molar refractivity (Wildman–Crippen MR) is 83.9 cm³/mol. The number of benzene rings is 1. The van der Waals surface area contributed by atoms with E-state index in [2.05, 4.69) is 25.9 Å². The molecular formula is C14H13BrCl2N2. The molecular weight excluding hydrogens is 347 g/mol. The first-order valence-electron chi connectivity index (χ1n) is 5.78. The number of nitrogens with zero attached hydrogens (tertiary/aromatic N) is 2. The van der Waals surface area contributed by atoms with E-state index in [1.165, 1.54) is 0 Å². The molecule has 0 unspecified atom stereocenters. The summed E-state index contributed by atoms with van der Waals surface area (Å²) in [7, 11) is 0. The molecule has 0 spiro atoms. The summed E-state index contributed by atoms with van der Waals surface area (Å²) in [5.74, 6) is 0.640. The Bertz CT molecular complexity index is 598. The molecule has 2 nitrogen and oxygen atoms in total. The summed E-state index contributed by atoms with van der Waals surface area (Å²) in [6.07, 6.45) is 0. The molecule has 0 bridgehead atoms. The van der Waals surface area contributed by atoms with Crippen LogP contribution in [0.15, 0.2) is 28.7 Å². The summed E-state index contributed by atoms with van der Waals surface area (Å²) in [6, 6.07) is 7.73. The number of halogens is 3. The lowest BCUT2D eigenvalue weighted by Gasteiger charge is -2.18. The Balaban J connectivity index is 2.60. The molecule has 1 aromatic heterocycles. The van der Waals surface area contributed by atoms with Gasteiger partial charge in [0.2, 0.25) is 0 Å². The van der Waals surface area contributed by atoms with Gasteiger partial charge in [-0.2, -0.15) is 0 Å². The predicted octanol–water partition coefficient (Wildman–Crippen LogP) is 5.51. The van der Waals surface area contributed by atoms with Gasteiger partial charge in [-0.3, -0.25) is 0 Å². The lowest BCUT2D eigenvalue weighted by Crippen LogP contribution is -2.16. The van der Waals surface area contributed by atoms with Gasteiger partial charge >= 0.3 is 0 Å². The van der Waals surface area contributed by atoms with Crippen LogP contribution in [-0.2, 0) is 5.41 Å². The molecule has 2 rings (SSSR count). The molecule has 1 aromatic carbocycles. The average Bonchev–Trinajstić information content (AvgIpc) is 2.26. The Hall–Kier alpha value is -0.640. The van der Waals surface area contributed by atoms with Gasteiger partial charge in [0.15, 0.2) is 0 Å². The van der Waals surface area contributed by atoms with E-state index in [0.29, 0.717) is 21.7 Å². The van der Waals surface area contributed by atoms with Crippen molar-refractivity contribution in [3.05, 3.63) is 44.9 Å². The molecule has 0 aliphatic rings. The number of hydrogen-bond acceptors (Lipinski definition) is 2. The maximum atomic E-state index is 6.28. The number of aromatic nitrogens is 2. The molecule has 100 valence electrons. The van der Waals surface area contributed by atoms with E-state index >= 15 is 0 Å². The SMILES string of the molecule is CC(C)(C)c1nc(Cl)c(-c2cccc(Br)c2)c(Cl)n1. The minimum Gasteiger partial charge on any atom is -0.220 e. The largest absolute Gasteiger partial charge is 0.220 e. The second-order valence-corrected chi connectivity index (χ2v) is 6.90. The third-order valence-corrected chi connectivity index (χ3v) is 3.65. The van der Waals surface area contributed by atoms with Gasteiger partial charge < -0.3 is 0 Å². The van der Waals surface area contributed by atoms with Gasteiger partial charge in [-0.1, -0.05) is 72.0 Å². The van der Waals surface area contributed by atoms with E-state index in [9.17, 15) is 0 Å². The van der Waals surface area contributed by atoms with Crippen molar-refractivity contribution < 1.29 is 0 Å². The van der Waals surface area contributed by atoms with Crippen LogP contribution in [0.5, 0.6) is 0 Å². The average molecular weight is 360 g/mol. The second kappa shape index (κ2) is 5.39. The second-order valence-electron chi connectivity index (χ2n) is 5.26. The fourth-order valence-corrected chi connectivity index (χ4v) is 2.63. The Labute approximate surface area is 131 Å². The van der Waals surface area contributed by atoms with Crippen LogP contribution in [-0.4, -0.2) is 9.97 Å². The number of hydrogen-bond donors (Lipinski definition) is 0. The number of rotatable bonds is 1. The van der Waals surface area contributed by atoms with Gasteiger partial charge in [0.05, 0.1) is 5.56 Å². The summed E-state index contributed by atoms with van der Waals surface area (Å²) in [4.78, 5) is 8.73. The van der Waals surface area contributed by atoms with Crippen molar-refractivity contribution in [2.75, 3.05) is 0 Å². The molecule has 0 aliphatic heterocycles. The van der Waals surface area contributed by atoms with Gasteiger partial charge in [-0.25, -0.2) is 9.97 Å². The van der Waals surface area contributed by atoms with Crippen LogP contribution in [0, 0.1) is 0 Å². The van der Waals surface area contributed by atoms with Crippen LogP contribution in [0.25, 0.3) is 11.1 Å². The molecule has 0 fully saturated rings. The normalized spacial score (nSPS) is 11.7. The monoisotopic (exact) mass is 358 g/mol. The van der Waals surface area contributed by atoms with Crippen molar-refractivity contribution in [2.45, 2.75) is 26.2 Å². The molecule has 0 saturated heterocycles. The van der Waals surface area contributed by atoms with Crippen molar-refractivity contribution in [3.63, 3.8) is 0 Å². The van der Waals surface area contributed by atoms with Crippen LogP contribution in [0.1, 0.15) is 26.6 Å². The summed E-state index contributed by atoms with van der Waals surface area (Å²) < 4.78 is 0.956. The fourth-order valence-electron chi connectivity index (χ4n) is 1.63. The van der Waals surface area contributed by atoms with Crippen LogP contribution < -0.4 is 0 Å². The first kappa shape index (κ1) is 14.8. The van der Waals surface area contributed by atoms with Crippen LogP contribution in [0.4, 0.5) is 0 Å². The highest BCUT2D eigenvalue weighted by atomic mass is 79.9.